The number of nitrogens with one attached hydrogen (secondary N) is 2. The SMILES string of the molecule is O=C(Nc1ccc(Br)cc1)N[C@H]1CCCCN(CC(=O)N2CCCC2)C1=O. The molecule has 7 nitrogen and oxygen atoms in total. The molecule has 2 fully saturated rings. The van der Waals surface area contributed by atoms with Gasteiger partial charge in [-0.15, -0.1) is 0 Å². The van der Waals surface area contributed by atoms with Crippen LogP contribution < -0.4 is 10.6 Å². The molecule has 8 heteroatoms. The molecule has 1 aromatic carbocycles. The van der Waals surface area contributed by atoms with Crippen LogP contribution in [0.5, 0.6) is 0 Å². The fourth-order valence-corrected chi connectivity index (χ4v) is 3.75. The summed E-state index contributed by atoms with van der Waals surface area (Å²) >= 11 is 3.35. The zero-order valence-corrected chi connectivity index (χ0v) is 16.8. The first-order valence-corrected chi connectivity index (χ1v) is 10.2. The molecule has 0 aromatic heterocycles. The maximum absolute atomic E-state index is 12.8. The first kappa shape index (κ1) is 19.7. The van der Waals surface area contributed by atoms with Crippen LogP contribution in [0.3, 0.4) is 0 Å². The predicted molar refractivity (Wildman–Crippen MR) is 106 cm³/mol. The summed E-state index contributed by atoms with van der Waals surface area (Å²) in [6.45, 7) is 2.21. The molecule has 0 aliphatic carbocycles. The largest absolute Gasteiger partial charge is 0.341 e. The van der Waals surface area contributed by atoms with Crippen LogP contribution in [0.25, 0.3) is 0 Å². The van der Waals surface area contributed by atoms with Crippen molar-refractivity contribution in [3.05, 3.63) is 28.7 Å². The van der Waals surface area contributed by atoms with Gasteiger partial charge >= 0.3 is 6.03 Å². The van der Waals surface area contributed by atoms with Crippen LogP contribution in [0.1, 0.15) is 32.1 Å². The molecule has 0 radical (unpaired) electrons. The van der Waals surface area contributed by atoms with Gasteiger partial charge in [-0.25, -0.2) is 4.79 Å². The number of carbonyl (C=O) groups excluding carboxylic acids is 3. The van der Waals surface area contributed by atoms with Crippen molar-refractivity contribution in [2.45, 2.75) is 38.1 Å². The fraction of sp³-hybridized carbons (Fsp3) is 0.526. The van der Waals surface area contributed by atoms with Crippen molar-refractivity contribution in [3.63, 3.8) is 0 Å². The lowest BCUT2D eigenvalue weighted by Gasteiger charge is -2.26. The Morgan fingerprint density at radius 2 is 1.70 bits per heavy atom. The van der Waals surface area contributed by atoms with Crippen molar-refractivity contribution in [3.8, 4) is 0 Å². The van der Waals surface area contributed by atoms with Crippen molar-refractivity contribution in [2.24, 2.45) is 0 Å². The van der Waals surface area contributed by atoms with Gasteiger partial charge in [-0.3, -0.25) is 9.59 Å². The van der Waals surface area contributed by atoms with E-state index in [2.05, 4.69) is 26.6 Å². The molecule has 2 aliphatic heterocycles. The Hall–Kier alpha value is -2.09. The monoisotopic (exact) mass is 436 g/mol. The Kier molecular flexibility index (Phi) is 6.71. The van der Waals surface area contributed by atoms with Gasteiger partial charge in [0.15, 0.2) is 0 Å². The molecular weight excluding hydrogens is 412 g/mol. The smallest absolute Gasteiger partial charge is 0.319 e. The standard InChI is InChI=1S/C19H25BrN4O3/c20-14-6-8-15(9-7-14)21-19(27)22-16-5-1-2-12-24(18(16)26)13-17(25)23-10-3-4-11-23/h6-9,16H,1-5,10-13H2,(H2,21,22,27)/t16-/m0/s1. The summed E-state index contributed by atoms with van der Waals surface area (Å²) in [7, 11) is 0. The summed E-state index contributed by atoms with van der Waals surface area (Å²) in [6, 6.07) is 6.20. The van der Waals surface area contributed by atoms with Crippen LogP contribution in [0.2, 0.25) is 0 Å². The molecule has 2 saturated heterocycles. The average Bonchev–Trinajstić information content (AvgIpc) is 3.14. The van der Waals surface area contributed by atoms with E-state index in [0.717, 1.165) is 43.2 Å². The summed E-state index contributed by atoms with van der Waals surface area (Å²) in [5.74, 6) is -0.174. The highest BCUT2D eigenvalue weighted by Crippen LogP contribution is 2.16. The molecular formula is C19H25BrN4O3. The fourth-order valence-electron chi connectivity index (χ4n) is 3.48. The summed E-state index contributed by atoms with van der Waals surface area (Å²) in [5.41, 5.74) is 0.651. The Morgan fingerprint density at radius 1 is 1.04 bits per heavy atom. The highest BCUT2D eigenvalue weighted by molar-refractivity contribution is 9.10. The number of benzene rings is 1. The average molecular weight is 437 g/mol. The molecule has 27 heavy (non-hydrogen) atoms. The number of carbonyl (C=O) groups is 3. The Labute approximate surface area is 167 Å². The third-order valence-electron chi connectivity index (χ3n) is 4.97. The zero-order chi connectivity index (χ0) is 19.2. The van der Waals surface area contributed by atoms with E-state index in [1.165, 1.54) is 0 Å². The minimum atomic E-state index is -0.602. The molecule has 2 heterocycles. The van der Waals surface area contributed by atoms with Crippen LogP contribution in [-0.4, -0.2) is 59.9 Å². The number of amides is 4. The highest BCUT2D eigenvalue weighted by Gasteiger charge is 2.30. The second-order valence-electron chi connectivity index (χ2n) is 7.00. The van der Waals surface area contributed by atoms with Gasteiger partial charge in [-0.2, -0.15) is 0 Å². The highest BCUT2D eigenvalue weighted by atomic mass is 79.9. The molecule has 0 spiro atoms. The first-order chi connectivity index (χ1) is 13.0. The van der Waals surface area contributed by atoms with Gasteiger partial charge in [0, 0.05) is 29.8 Å². The number of likely N-dealkylation sites (tertiary alicyclic amines) is 2. The van der Waals surface area contributed by atoms with Crippen LogP contribution in [0, 0.1) is 0 Å². The second-order valence-corrected chi connectivity index (χ2v) is 7.92. The Morgan fingerprint density at radius 3 is 2.41 bits per heavy atom. The van der Waals surface area contributed by atoms with Crippen LogP contribution in [-0.2, 0) is 9.59 Å². The van der Waals surface area contributed by atoms with E-state index in [9.17, 15) is 14.4 Å². The quantitative estimate of drug-likeness (QED) is 0.760. The number of hydrogen-bond donors (Lipinski definition) is 2. The van der Waals surface area contributed by atoms with Gasteiger partial charge in [0.25, 0.3) is 0 Å². The third-order valence-corrected chi connectivity index (χ3v) is 5.50. The molecule has 4 amide bonds. The van der Waals surface area contributed by atoms with Gasteiger partial charge in [0.05, 0.1) is 6.54 Å². The van der Waals surface area contributed by atoms with Gasteiger partial charge in [-0.1, -0.05) is 15.9 Å². The number of halogens is 1. The van der Waals surface area contributed by atoms with E-state index < -0.39 is 12.1 Å². The second kappa shape index (κ2) is 9.21. The van der Waals surface area contributed by atoms with Crippen molar-refractivity contribution in [2.75, 3.05) is 31.5 Å². The molecule has 2 N–H and O–H groups in total. The number of urea groups is 1. The van der Waals surface area contributed by atoms with Gasteiger partial charge in [0.1, 0.15) is 6.04 Å². The van der Waals surface area contributed by atoms with Crippen molar-refractivity contribution >= 4 is 39.5 Å². The molecule has 3 rings (SSSR count). The summed E-state index contributed by atoms with van der Waals surface area (Å²) in [4.78, 5) is 40.9. The topological polar surface area (TPSA) is 81.8 Å². The Bertz CT molecular complexity index is 689. The lowest BCUT2D eigenvalue weighted by Crippen LogP contribution is -2.51. The van der Waals surface area contributed by atoms with Gasteiger partial charge in [-0.05, 0) is 56.4 Å². The summed E-state index contributed by atoms with van der Waals surface area (Å²) in [5, 5.41) is 5.51. The van der Waals surface area contributed by atoms with Crippen LogP contribution in [0.15, 0.2) is 28.7 Å². The molecule has 0 saturated carbocycles. The van der Waals surface area contributed by atoms with Gasteiger partial charge in [0.2, 0.25) is 11.8 Å². The normalized spacial score (nSPS) is 20.3. The van der Waals surface area contributed by atoms with E-state index in [1.54, 1.807) is 17.0 Å². The number of rotatable bonds is 4. The summed E-state index contributed by atoms with van der Waals surface area (Å²) < 4.78 is 0.922. The molecule has 0 unspecified atom stereocenters. The van der Waals surface area contributed by atoms with E-state index >= 15 is 0 Å². The van der Waals surface area contributed by atoms with E-state index in [-0.39, 0.29) is 18.4 Å². The van der Waals surface area contributed by atoms with Crippen LogP contribution in [0.4, 0.5) is 10.5 Å². The van der Waals surface area contributed by atoms with E-state index in [0.29, 0.717) is 18.7 Å². The minimum Gasteiger partial charge on any atom is -0.341 e. The molecule has 2 aliphatic rings. The predicted octanol–water partition coefficient (Wildman–Crippen LogP) is 2.57. The first-order valence-electron chi connectivity index (χ1n) is 9.42. The maximum Gasteiger partial charge on any atom is 0.319 e. The van der Waals surface area contributed by atoms with Crippen LogP contribution >= 0.6 is 15.9 Å². The summed E-state index contributed by atoms with van der Waals surface area (Å²) in [6.07, 6.45) is 4.32. The minimum absolute atomic E-state index is 0.000754. The number of anilines is 1. The van der Waals surface area contributed by atoms with Gasteiger partial charge < -0.3 is 20.4 Å². The molecule has 1 atom stereocenters. The van der Waals surface area contributed by atoms with E-state index in [1.807, 2.05) is 17.0 Å². The molecule has 146 valence electrons. The lowest BCUT2D eigenvalue weighted by molar-refractivity contribution is -0.140. The Balaban J connectivity index is 1.56. The maximum atomic E-state index is 12.8. The number of nitrogens with zero attached hydrogens (tertiary/aromatic N) is 2. The van der Waals surface area contributed by atoms with Crippen molar-refractivity contribution < 1.29 is 14.4 Å². The number of hydrogen-bond acceptors (Lipinski definition) is 3. The van der Waals surface area contributed by atoms with E-state index in [4.69, 9.17) is 0 Å². The van der Waals surface area contributed by atoms with Crippen molar-refractivity contribution in [1.29, 1.82) is 0 Å². The molecule has 1 aromatic rings. The van der Waals surface area contributed by atoms with Crippen molar-refractivity contribution in [1.82, 2.24) is 15.1 Å². The molecule has 0 bridgehead atoms. The lowest BCUT2D eigenvalue weighted by atomic mass is 10.1. The zero-order valence-electron chi connectivity index (χ0n) is 15.2. The third kappa shape index (κ3) is 5.45.